The fourth-order valence-electron chi connectivity index (χ4n) is 2.69. The summed E-state index contributed by atoms with van der Waals surface area (Å²) in [6, 6.07) is 6.39. The van der Waals surface area contributed by atoms with Crippen LogP contribution in [0.25, 0.3) is 0 Å². The van der Waals surface area contributed by atoms with E-state index < -0.39 is 0 Å². The molecular weight excluding hydrogens is 294 g/mol. The molecule has 18 heavy (non-hydrogen) atoms. The van der Waals surface area contributed by atoms with Crippen molar-refractivity contribution in [2.24, 2.45) is 0 Å². The van der Waals surface area contributed by atoms with Gasteiger partial charge in [0.15, 0.2) is 0 Å². The molecule has 0 aliphatic carbocycles. The van der Waals surface area contributed by atoms with Crippen LogP contribution in [0.5, 0.6) is 5.75 Å². The third-order valence-corrected chi connectivity index (χ3v) is 4.26. The number of carbonyl (C=O) groups is 1. The van der Waals surface area contributed by atoms with Crippen molar-refractivity contribution in [1.82, 2.24) is 4.90 Å². The van der Waals surface area contributed by atoms with Crippen molar-refractivity contribution in [3.05, 3.63) is 28.2 Å². The molecule has 0 atom stereocenters. The number of nitrogens with zero attached hydrogens (tertiary/aromatic N) is 1. The summed E-state index contributed by atoms with van der Waals surface area (Å²) in [5, 5.41) is 0. The van der Waals surface area contributed by atoms with Crippen molar-refractivity contribution in [3.63, 3.8) is 0 Å². The average molecular weight is 312 g/mol. The molecule has 4 heteroatoms. The molecule has 2 aliphatic rings. The molecule has 0 N–H and O–H groups in total. The van der Waals surface area contributed by atoms with Gasteiger partial charge in [0.1, 0.15) is 18.1 Å². The van der Waals surface area contributed by atoms with Gasteiger partial charge in [-0.2, -0.15) is 0 Å². The van der Waals surface area contributed by atoms with Gasteiger partial charge in [0.05, 0.1) is 0 Å². The Labute approximate surface area is 116 Å². The quantitative estimate of drug-likeness (QED) is 0.738. The van der Waals surface area contributed by atoms with Crippen LogP contribution in [0.2, 0.25) is 0 Å². The summed E-state index contributed by atoms with van der Waals surface area (Å²) in [6.07, 6.45) is 3.38. The minimum Gasteiger partial charge on any atom is -0.487 e. The lowest BCUT2D eigenvalue weighted by atomic mass is 9.87. The van der Waals surface area contributed by atoms with Gasteiger partial charge >= 0.3 is 0 Å². The predicted octanol–water partition coefficient (Wildman–Crippen LogP) is 2.66. The molecule has 2 heterocycles. The Hall–Kier alpha value is -0.870. The smallest absolute Gasteiger partial charge is 0.124 e. The molecule has 0 saturated carbocycles. The van der Waals surface area contributed by atoms with Crippen molar-refractivity contribution in [3.8, 4) is 5.75 Å². The number of hydrogen-bond acceptors (Lipinski definition) is 3. The average Bonchev–Trinajstić information content (AvgIpc) is 2.73. The molecule has 1 fully saturated rings. The first-order valence-electron chi connectivity index (χ1n) is 6.12. The summed E-state index contributed by atoms with van der Waals surface area (Å²) < 4.78 is 7.32. The van der Waals surface area contributed by atoms with Crippen molar-refractivity contribution in [2.75, 3.05) is 20.1 Å². The van der Waals surface area contributed by atoms with Crippen LogP contribution in [0.1, 0.15) is 18.4 Å². The summed E-state index contributed by atoms with van der Waals surface area (Å²) >= 11 is 3.50. The fourth-order valence-corrected chi connectivity index (χ4v) is 3.03. The molecule has 0 aromatic heterocycles. The van der Waals surface area contributed by atoms with Crippen LogP contribution in [0, 0.1) is 0 Å². The predicted molar refractivity (Wildman–Crippen MR) is 75.1 cm³/mol. The van der Waals surface area contributed by atoms with E-state index in [1.54, 1.807) is 0 Å². The molecule has 3 rings (SSSR count). The van der Waals surface area contributed by atoms with Crippen molar-refractivity contribution < 1.29 is 9.53 Å². The third kappa shape index (κ3) is 2.59. The zero-order chi connectivity index (χ0) is 13.2. The second-order valence-corrected chi connectivity index (χ2v) is 5.93. The molecule has 0 unspecified atom stereocenters. The van der Waals surface area contributed by atoms with Gasteiger partial charge in [0.25, 0.3) is 0 Å². The maximum Gasteiger partial charge on any atom is 0.124 e. The number of hydrogen-bond donors (Lipinski definition) is 0. The monoisotopic (exact) mass is 311 g/mol. The Morgan fingerprint density at radius 3 is 2.67 bits per heavy atom. The van der Waals surface area contributed by atoms with Crippen LogP contribution in [-0.2, 0) is 11.2 Å². The molecule has 0 bridgehead atoms. The molecule has 1 saturated heterocycles. The normalized spacial score (nSPS) is 20.8. The largest absolute Gasteiger partial charge is 0.487 e. The molecule has 2 aliphatic heterocycles. The second-order valence-electron chi connectivity index (χ2n) is 5.02. The van der Waals surface area contributed by atoms with Gasteiger partial charge in [0, 0.05) is 36.8 Å². The first-order chi connectivity index (χ1) is 8.67. The SMILES string of the molecule is C=O.CN1CCC2(CC1)Cc1ccc(Br)cc1O2. The minimum absolute atomic E-state index is 0.0929. The van der Waals surface area contributed by atoms with Gasteiger partial charge < -0.3 is 14.4 Å². The lowest BCUT2D eigenvalue weighted by Crippen LogP contribution is -2.45. The fraction of sp³-hybridized carbons (Fsp3) is 0.500. The summed E-state index contributed by atoms with van der Waals surface area (Å²) in [4.78, 5) is 10.4. The van der Waals surface area contributed by atoms with Gasteiger partial charge in [-0.05, 0) is 24.7 Å². The van der Waals surface area contributed by atoms with E-state index in [4.69, 9.17) is 9.53 Å². The van der Waals surface area contributed by atoms with Gasteiger partial charge in [-0.15, -0.1) is 0 Å². The number of fused-ring (bicyclic) bond motifs is 1. The van der Waals surface area contributed by atoms with Crippen molar-refractivity contribution in [1.29, 1.82) is 0 Å². The third-order valence-electron chi connectivity index (χ3n) is 3.77. The Balaban J connectivity index is 0.000000574. The second kappa shape index (κ2) is 5.41. The van der Waals surface area contributed by atoms with E-state index in [-0.39, 0.29) is 5.60 Å². The van der Waals surface area contributed by atoms with Crippen LogP contribution in [0.15, 0.2) is 22.7 Å². The van der Waals surface area contributed by atoms with Crippen molar-refractivity contribution in [2.45, 2.75) is 24.9 Å². The van der Waals surface area contributed by atoms with Crippen molar-refractivity contribution >= 4 is 22.7 Å². The number of ether oxygens (including phenoxy) is 1. The van der Waals surface area contributed by atoms with Gasteiger partial charge in [-0.3, -0.25) is 0 Å². The van der Waals surface area contributed by atoms with Gasteiger partial charge in [-0.25, -0.2) is 0 Å². The van der Waals surface area contributed by atoms with Crippen LogP contribution >= 0.6 is 15.9 Å². The number of carbonyl (C=O) groups excluding carboxylic acids is 1. The van der Waals surface area contributed by atoms with E-state index in [1.165, 1.54) is 5.56 Å². The first-order valence-corrected chi connectivity index (χ1v) is 6.91. The number of benzene rings is 1. The maximum atomic E-state index is 8.00. The number of halogens is 1. The molecule has 1 aromatic carbocycles. The minimum atomic E-state index is 0.0929. The lowest BCUT2D eigenvalue weighted by Gasteiger charge is -2.37. The molecule has 3 nitrogen and oxygen atoms in total. The molecule has 1 aromatic rings. The number of rotatable bonds is 0. The van der Waals surface area contributed by atoms with E-state index in [2.05, 4.69) is 46.1 Å². The zero-order valence-corrected chi connectivity index (χ0v) is 12.2. The van der Waals surface area contributed by atoms with Gasteiger partial charge in [0.2, 0.25) is 0 Å². The van der Waals surface area contributed by atoms with Gasteiger partial charge in [-0.1, -0.05) is 22.0 Å². The van der Waals surface area contributed by atoms with Crippen LogP contribution in [-0.4, -0.2) is 37.4 Å². The summed E-state index contributed by atoms with van der Waals surface area (Å²) in [7, 11) is 2.19. The van der Waals surface area contributed by atoms with E-state index in [0.29, 0.717) is 0 Å². The van der Waals surface area contributed by atoms with Crippen LogP contribution in [0.3, 0.4) is 0 Å². The summed E-state index contributed by atoms with van der Waals surface area (Å²) in [5.74, 6) is 1.08. The Kier molecular flexibility index (Phi) is 4.07. The highest BCUT2D eigenvalue weighted by Gasteiger charge is 2.41. The molecule has 1 spiro atoms. The standard InChI is InChI=1S/C13H16BrNO.CH2O/c1-15-6-4-13(5-7-15)9-10-2-3-11(14)8-12(10)16-13;1-2/h2-3,8H,4-7,9H2,1H3;1H2. The van der Waals surface area contributed by atoms with E-state index in [0.717, 1.165) is 42.6 Å². The lowest BCUT2D eigenvalue weighted by molar-refractivity contribution is -0.0979. The number of likely N-dealkylation sites (tertiary alicyclic amines) is 1. The molecule has 0 radical (unpaired) electrons. The molecule has 0 amide bonds. The summed E-state index contributed by atoms with van der Waals surface area (Å²) in [6.45, 7) is 4.30. The molecular formula is C14H18BrNO2. The highest BCUT2D eigenvalue weighted by molar-refractivity contribution is 9.10. The highest BCUT2D eigenvalue weighted by Crippen LogP contribution is 2.41. The Morgan fingerprint density at radius 2 is 2.00 bits per heavy atom. The summed E-state index contributed by atoms with van der Waals surface area (Å²) in [5.41, 5.74) is 1.46. The molecule has 98 valence electrons. The van der Waals surface area contributed by atoms with E-state index >= 15 is 0 Å². The Bertz CT molecular complexity index is 428. The van der Waals surface area contributed by atoms with E-state index in [1.807, 2.05) is 6.79 Å². The van der Waals surface area contributed by atoms with E-state index in [9.17, 15) is 0 Å². The van der Waals surface area contributed by atoms with Crippen LogP contribution < -0.4 is 4.74 Å². The van der Waals surface area contributed by atoms with Crippen LogP contribution in [0.4, 0.5) is 0 Å². The maximum absolute atomic E-state index is 8.00. The highest BCUT2D eigenvalue weighted by atomic mass is 79.9. The first kappa shape index (κ1) is 13.6. The zero-order valence-electron chi connectivity index (χ0n) is 10.6. The number of piperidine rings is 1. The topological polar surface area (TPSA) is 29.5 Å². The Morgan fingerprint density at radius 1 is 1.33 bits per heavy atom.